The molecule has 1 amide bonds. The number of anilines is 1. The Labute approximate surface area is 93.7 Å². The fraction of sp³-hybridized carbons (Fsp3) is 0.182. The first-order chi connectivity index (χ1) is 7.02. The highest BCUT2D eigenvalue weighted by Gasteiger charge is 2.03. The molecule has 15 heavy (non-hydrogen) atoms. The Balaban J connectivity index is 2.92. The molecule has 1 rings (SSSR count). The molecule has 0 fully saturated rings. The van der Waals surface area contributed by atoms with Gasteiger partial charge in [-0.05, 0) is 24.1 Å². The molecule has 4 N–H and O–H groups in total. The number of rotatable bonds is 3. The normalized spacial score (nSPS) is 10.8. The van der Waals surface area contributed by atoms with E-state index in [2.05, 4.69) is 0 Å². The standard InChI is InChI=1S/C11H13ClN2O/c1-7-9(13)6-5-8(11(7)12)3-2-4-10(14)15/h2-3,5-6H,4,13H2,1H3,(H2,14,15). The zero-order chi connectivity index (χ0) is 11.4. The summed E-state index contributed by atoms with van der Waals surface area (Å²) in [6.45, 7) is 1.85. The van der Waals surface area contributed by atoms with Gasteiger partial charge in [0.2, 0.25) is 5.91 Å². The van der Waals surface area contributed by atoms with Gasteiger partial charge >= 0.3 is 0 Å². The molecule has 0 aromatic heterocycles. The number of nitrogen functional groups attached to an aromatic ring is 1. The Bertz CT molecular complexity index is 413. The molecule has 0 saturated carbocycles. The molecule has 0 saturated heterocycles. The van der Waals surface area contributed by atoms with E-state index in [-0.39, 0.29) is 12.3 Å². The van der Waals surface area contributed by atoms with Crippen LogP contribution in [0.3, 0.4) is 0 Å². The zero-order valence-corrected chi connectivity index (χ0v) is 9.21. The summed E-state index contributed by atoms with van der Waals surface area (Å²) in [4.78, 5) is 10.5. The van der Waals surface area contributed by atoms with Crippen molar-refractivity contribution >= 4 is 29.3 Å². The molecular weight excluding hydrogens is 212 g/mol. The maximum Gasteiger partial charge on any atom is 0.221 e. The minimum atomic E-state index is -0.366. The molecule has 1 aromatic rings. The van der Waals surface area contributed by atoms with Gasteiger partial charge in [0.1, 0.15) is 0 Å². The predicted octanol–water partition coefficient (Wildman–Crippen LogP) is 2.12. The number of hydrogen-bond donors (Lipinski definition) is 2. The van der Waals surface area contributed by atoms with Crippen molar-refractivity contribution in [3.8, 4) is 0 Å². The summed E-state index contributed by atoms with van der Waals surface area (Å²) in [5.41, 5.74) is 13.0. The monoisotopic (exact) mass is 224 g/mol. The van der Waals surface area contributed by atoms with E-state index in [9.17, 15) is 4.79 Å². The van der Waals surface area contributed by atoms with E-state index in [1.807, 2.05) is 13.0 Å². The van der Waals surface area contributed by atoms with Crippen LogP contribution in [0.4, 0.5) is 5.69 Å². The molecular formula is C11H13ClN2O. The molecule has 0 heterocycles. The average Bonchev–Trinajstić information content (AvgIpc) is 2.18. The fourth-order valence-corrected chi connectivity index (χ4v) is 1.39. The van der Waals surface area contributed by atoms with Gasteiger partial charge in [-0.3, -0.25) is 4.79 Å². The second kappa shape index (κ2) is 4.84. The van der Waals surface area contributed by atoms with Gasteiger partial charge in [0, 0.05) is 12.1 Å². The lowest BCUT2D eigenvalue weighted by atomic mass is 10.1. The molecule has 0 unspecified atom stereocenters. The van der Waals surface area contributed by atoms with Crippen molar-refractivity contribution in [3.05, 3.63) is 34.4 Å². The van der Waals surface area contributed by atoms with Gasteiger partial charge in [-0.15, -0.1) is 0 Å². The molecule has 4 heteroatoms. The van der Waals surface area contributed by atoms with Gasteiger partial charge in [-0.2, -0.15) is 0 Å². The second-order valence-electron chi connectivity index (χ2n) is 3.26. The maximum absolute atomic E-state index is 10.5. The van der Waals surface area contributed by atoms with Crippen molar-refractivity contribution in [1.29, 1.82) is 0 Å². The number of hydrogen-bond acceptors (Lipinski definition) is 2. The van der Waals surface area contributed by atoms with Gasteiger partial charge < -0.3 is 11.5 Å². The van der Waals surface area contributed by atoms with Crippen LogP contribution >= 0.6 is 11.6 Å². The van der Waals surface area contributed by atoms with E-state index in [1.54, 1.807) is 18.2 Å². The summed E-state index contributed by atoms with van der Waals surface area (Å²) < 4.78 is 0. The maximum atomic E-state index is 10.5. The largest absolute Gasteiger partial charge is 0.398 e. The highest BCUT2D eigenvalue weighted by atomic mass is 35.5. The Morgan fingerprint density at radius 3 is 2.80 bits per heavy atom. The summed E-state index contributed by atoms with van der Waals surface area (Å²) in [6, 6.07) is 3.59. The molecule has 3 nitrogen and oxygen atoms in total. The van der Waals surface area contributed by atoms with E-state index < -0.39 is 0 Å². The van der Waals surface area contributed by atoms with Crippen molar-refractivity contribution in [2.75, 3.05) is 5.73 Å². The van der Waals surface area contributed by atoms with Crippen LogP contribution in [0.25, 0.3) is 6.08 Å². The third kappa shape index (κ3) is 2.99. The van der Waals surface area contributed by atoms with Gasteiger partial charge in [-0.1, -0.05) is 29.8 Å². The first-order valence-electron chi connectivity index (χ1n) is 4.51. The van der Waals surface area contributed by atoms with Crippen LogP contribution in [0.15, 0.2) is 18.2 Å². The third-order valence-electron chi connectivity index (χ3n) is 2.07. The van der Waals surface area contributed by atoms with E-state index in [0.29, 0.717) is 10.7 Å². The van der Waals surface area contributed by atoms with Gasteiger partial charge in [0.15, 0.2) is 0 Å². The first kappa shape index (κ1) is 11.6. The minimum Gasteiger partial charge on any atom is -0.398 e. The van der Waals surface area contributed by atoms with Crippen LogP contribution in [0, 0.1) is 6.92 Å². The molecule has 0 bridgehead atoms. The van der Waals surface area contributed by atoms with E-state index in [1.165, 1.54) is 0 Å². The quantitative estimate of drug-likeness (QED) is 0.773. The lowest BCUT2D eigenvalue weighted by Gasteiger charge is -2.05. The lowest BCUT2D eigenvalue weighted by Crippen LogP contribution is -2.07. The highest BCUT2D eigenvalue weighted by Crippen LogP contribution is 2.26. The average molecular weight is 225 g/mol. The lowest BCUT2D eigenvalue weighted by molar-refractivity contribution is -0.117. The molecule has 0 aliphatic carbocycles. The summed E-state index contributed by atoms with van der Waals surface area (Å²) in [5, 5.41) is 0.607. The second-order valence-corrected chi connectivity index (χ2v) is 3.63. The van der Waals surface area contributed by atoms with Crippen LogP contribution in [-0.2, 0) is 4.79 Å². The van der Waals surface area contributed by atoms with E-state index >= 15 is 0 Å². The predicted molar refractivity (Wildman–Crippen MR) is 63.4 cm³/mol. The minimum absolute atomic E-state index is 0.208. The Hall–Kier alpha value is -1.48. The van der Waals surface area contributed by atoms with Gasteiger partial charge in [0.25, 0.3) is 0 Å². The smallest absolute Gasteiger partial charge is 0.221 e. The summed E-state index contributed by atoms with van der Waals surface area (Å²) >= 11 is 6.07. The van der Waals surface area contributed by atoms with Crippen LogP contribution < -0.4 is 11.5 Å². The number of halogens is 1. The van der Waals surface area contributed by atoms with Crippen LogP contribution in [0.1, 0.15) is 17.5 Å². The van der Waals surface area contributed by atoms with E-state index in [0.717, 1.165) is 11.1 Å². The van der Waals surface area contributed by atoms with Crippen molar-refractivity contribution in [2.45, 2.75) is 13.3 Å². The van der Waals surface area contributed by atoms with Gasteiger partial charge in [0.05, 0.1) is 5.02 Å². The number of benzene rings is 1. The van der Waals surface area contributed by atoms with Crippen LogP contribution in [-0.4, -0.2) is 5.91 Å². The number of primary amides is 1. The summed E-state index contributed by atoms with van der Waals surface area (Å²) in [5.74, 6) is -0.366. The van der Waals surface area contributed by atoms with E-state index in [4.69, 9.17) is 23.1 Å². The van der Waals surface area contributed by atoms with Crippen molar-refractivity contribution in [2.24, 2.45) is 5.73 Å². The van der Waals surface area contributed by atoms with Crippen molar-refractivity contribution < 1.29 is 4.79 Å². The fourth-order valence-electron chi connectivity index (χ4n) is 1.15. The van der Waals surface area contributed by atoms with Gasteiger partial charge in [-0.25, -0.2) is 0 Å². The summed E-state index contributed by atoms with van der Waals surface area (Å²) in [7, 11) is 0. The molecule has 1 aromatic carbocycles. The molecule has 0 atom stereocenters. The van der Waals surface area contributed by atoms with Crippen LogP contribution in [0.5, 0.6) is 0 Å². The number of nitrogens with two attached hydrogens (primary N) is 2. The molecule has 0 spiro atoms. The highest BCUT2D eigenvalue weighted by molar-refractivity contribution is 6.33. The SMILES string of the molecule is Cc1c(N)ccc(C=CCC(N)=O)c1Cl. The van der Waals surface area contributed by atoms with Crippen LogP contribution in [0.2, 0.25) is 5.02 Å². The number of carbonyl (C=O) groups excluding carboxylic acids is 1. The Morgan fingerprint density at radius 1 is 1.53 bits per heavy atom. The Kier molecular flexibility index (Phi) is 3.74. The first-order valence-corrected chi connectivity index (χ1v) is 4.89. The number of carbonyl (C=O) groups is 1. The topological polar surface area (TPSA) is 69.1 Å². The molecule has 0 radical (unpaired) electrons. The zero-order valence-electron chi connectivity index (χ0n) is 8.46. The number of amides is 1. The molecule has 0 aliphatic rings. The van der Waals surface area contributed by atoms with Crippen molar-refractivity contribution in [1.82, 2.24) is 0 Å². The Morgan fingerprint density at radius 2 is 2.20 bits per heavy atom. The molecule has 0 aliphatic heterocycles. The molecule has 80 valence electrons. The summed E-state index contributed by atoms with van der Waals surface area (Å²) in [6.07, 6.45) is 3.65. The van der Waals surface area contributed by atoms with Crippen molar-refractivity contribution in [3.63, 3.8) is 0 Å². The third-order valence-corrected chi connectivity index (χ3v) is 2.58.